The van der Waals surface area contributed by atoms with Crippen molar-refractivity contribution in [3.63, 3.8) is 0 Å². The number of benzene rings is 4. The van der Waals surface area contributed by atoms with Gasteiger partial charge in [0.2, 0.25) is 0 Å². The molecule has 2 N–H and O–H groups in total. The quantitative estimate of drug-likeness (QED) is 0.189. The number of azo groups is 1. The van der Waals surface area contributed by atoms with Gasteiger partial charge in [-0.2, -0.15) is 13.5 Å². The van der Waals surface area contributed by atoms with Gasteiger partial charge < -0.3 is 15.2 Å². The maximum Gasteiger partial charge on any atom is 1.00 e. The SMILES string of the molecule is CCOc1cc(Cl)cc(NC(=O)c2cc3ccccc3c(N=Nc3c(S(=O)(=O)O)ccc(C)c3Cl)c2[O-])c1.[Na+]. The van der Waals surface area contributed by atoms with E-state index >= 15 is 0 Å². The summed E-state index contributed by atoms with van der Waals surface area (Å²) in [5.74, 6) is -1.04. The number of ether oxygens (including phenoxy) is 1. The van der Waals surface area contributed by atoms with Crippen LogP contribution in [-0.4, -0.2) is 25.5 Å². The van der Waals surface area contributed by atoms with Crippen LogP contribution >= 0.6 is 23.2 Å². The van der Waals surface area contributed by atoms with Crippen molar-refractivity contribution in [2.45, 2.75) is 18.7 Å². The molecule has 0 unspecified atom stereocenters. The van der Waals surface area contributed by atoms with Gasteiger partial charge in [0, 0.05) is 27.7 Å². The van der Waals surface area contributed by atoms with Gasteiger partial charge in [-0.1, -0.05) is 59.3 Å². The maximum absolute atomic E-state index is 13.4. The molecule has 0 heterocycles. The molecule has 0 aliphatic rings. The molecule has 4 aromatic carbocycles. The summed E-state index contributed by atoms with van der Waals surface area (Å²) < 4.78 is 38.8. The molecule has 0 radical (unpaired) electrons. The number of nitrogens with one attached hydrogen (secondary N) is 1. The first-order valence-electron chi connectivity index (χ1n) is 11.2. The van der Waals surface area contributed by atoms with Crippen molar-refractivity contribution < 1.29 is 57.2 Å². The third-order valence-corrected chi connectivity index (χ3v) is 7.04. The number of halogens is 2. The molecule has 0 fully saturated rings. The molecule has 4 rings (SSSR count). The van der Waals surface area contributed by atoms with E-state index in [1.807, 2.05) is 0 Å². The summed E-state index contributed by atoms with van der Waals surface area (Å²) in [5, 5.41) is 25.2. The molecule has 4 aromatic rings. The first-order valence-corrected chi connectivity index (χ1v) is 13.3. The second-order valence-electron chi connectivity index (χ2n) is 8.10. The standard InChI is InChI=1S/C26H21Cl2N3O6S.Na/c1-3-37-18-12-16(27)11-17(13-18)29-26(33)20-10-15-6-4-5-7-19(15)23(25(20)32)30-31-24-21(38(34,35)36)9-8-14(2)22(24)28;/h4-13,32H,3H2,1-2H3,(H,29,33)(H,34,35,36);/q;+1/p-1. The molecule has 0 bridgehead atoms. The van der Waals surface area contributed by atoms with Crippen molar-refractivity contribution in [3.8, 4) is 11.5 Å². The van der Waals surface area contributed by atoms with Crippen molar-refractivity contribution in [2.24, 2.45) is 10.2 Å². The second-order valence-corrected chi connectivity index (χ2v) is 10.3. The number of carbonyl (C=O) groups excluding carboxylic acids is 1. The van der Waals surface area contributed by atoms with Crippen LogP contribution in [0.3, 0.4) is 0 Å². The first kappa shape index (κ1) is 30.8. The van der Waals surface area contributed by atoms with Gasteiger partial charge in [-0.25, -0.2) is 0 Å². The fraction of sp³-hybridized carbons (Fsp3) is 0.115. The zero-order valence-corrected chi connectivity index (χ0v) is 25.4. The van der Waals surface area contributed by atoms with Crippen LogP contribution in [0.1, 0.15) is 22.8 Å². The molecule has 0 aromatic heterocycles. The number of carbonyl (C=O) groups is 1. The largest absolute Gasteiger partial charge is 1.00 e. The van der Waals surface area contributed by atoms with Crippen molar-refractivity contribution in [1.29, 1.82) is 0 Å². The minimum Gasteiger partial charge on any atom is -0.870 e. The van der Waals surface area contributed by atoms with Gasteiger partial charge >= 0.3 is 29.6 Å². The van der Waals surface area contributed by atoms with Crippen molar-refractivity contribution in [1.82, 2.24) is 0 Å². The van der Waals surface area contributed by atoms with Gasteiger partial charge in [0.1, 0.15) is 16.3 Å². The van der Waals surface area contributed by atoms with E-state index in [2.05, 4.69) is 15.5 Å². The van der Waals surface area contributed by atoms with E-state index in [1.165, 1.54) is 18.2 Å². The molecule has 196 valence electrons. The Morgan fingerprint density at radius 1 is 1.05 bits per heavy atom. The predicted octanol–water partition coefficient (Wildman–Crippen LogP) is 3.85. The summed E-state index contributed by atoms with van der Waals surface area (Å²) in [6, 6.07) is 15.3. The average molecular weight is 596 g/mol. The first-order chi connectivity index (χ1) is 18.0. The summed E-state index contributed by atoms with van der Waals surface area (Å²) in [6.45, 7) is 3.81. The number of fused-ring (bicyclic) bond motifs is 1. The Balaban J connectivity index is 0.00000420. The van der Waals surface area contributed by atoms with Crippen LogP contribution in [0.4, 0.5) is 17.1 Å². The Labute approximate surface area is 256 Å². The monoisotopic (exact) mass is 595 g/mol. The summed E-state index contributed by atoms with van der Waals surface area (Å²) in [5.41, 5.74) is -0.00339. The number of nitrogens with zero attached hydrogens (tertiary/aromatic N) is 2. The van der Waals surface area contributed by atoms with Gasteiger partial charge in [0.15, 0.2) is 0 Å². The van der Waals surface area contributed by atoms with Crippen LogP contribution < -0.4 is 44.7 Å². The van der Waals surface area contributed by atoms with Crippen LogP contribution in [0.2, 0.25) is 10.0 Å². The smallest absolute Gasteiger partial charge is 0.870 e. The Morgan fingerprint density at radius 3 is 2.44 bits per heavy atom. The van der Waals surface area contributed by atoms with Gasteiger partial charge in [-0.05, 0) is 49.1 Å². The van der Waals surface area contributed by atoms with E-state index in [1.54, 1.807) is 50.2 Å². The Kier molecular flexibility index (Phi) is 10.0. The van der Waals surface area contributed by atoms with Crippen LogP contribution in [0.15, 0.2) is 75.8 Å². The number of anilines is 1. The zero-order chi connectivity index (χ0) is 27.6. The Morgan fingerprint density at radius 2 is 1.74 bits per heavy atom. The molecule has 0 saturated heterocycles. The normalized spacial score (nSPS) is 11.4. The topological polar surface area (TPSA) is 140 Å². The number of rotatable bonds is 7. The minimum atomic E-state index is -4.70. The van der Waals surface area contributed by atoms with E-state index in [-0.39, 0.29) is 51.5 Å². The van der Waals surface area contributed by atoms with Crippen LogP contribution in [0.25, 0.3) is 10.8 Å². The molecular formula is C26H20Cl2N3NaO6S. The molecule has 13 heteroatoms. The summed E-state index contributed by atoms with van der Waals surface area (Å²) in [7, 11) is -4.70. The van der Waals surface area contributed by atoms with Gasteiger partial charge in [-0.15, -0.1) is 5.11 Å². The molecule has 9 nitrogen and oxygen atoms in total. The predicted molar refractivity (Wildman–Crippen MR) is 144 cm³/mol. The second kappa shape index (κ2) is 12.6. The van der Waals surface area contributed by atoms with E-state index < -0.39 is 26.7 Å². The number of hydrogen-bond donors (Lipinski definition) is 2. The average Bonchev–Trinajstić information content (AvgIpc) is 2.84. The van der Waals surface area contributed by atoms with E-state index in [9.17, 15) is 22.9 Å². The number of amides is 1. The summed E-state index contributed by atoms with van der Waals surface area (Å²) >= 11 is 12.4. The van der Waals surface area contributed by atoms with Gasteiger partial charge in [0.25, 0.3) is 16.0 Å². The van der Waals surface area contributed by atoms with E-state index in [0.29, 0.717) is 39.4 Å². The van der Waals surface area contributed by atoms with E-state index in [4.69, 9.17) is 27.9 Å². The molecule has 0 aliphatic heterocycles. The van der Waals surface area contributed by atoms with Crippen molar-refractivity contribution in [2.75, 3.05) is 11.9 Å². The molecular weight excluding hydrogens is 576 g/mol. The van der Waals surface area contributed by atoms with Crippen LogP contribution in [-0.2, 0) is 10.1 Å². The van der Waals surface area contributed by atoms with Crippen molar-refractivity contribution >= 4 is 67.1 Å². The van der Waals surface area contributed by atoms with Gasteiger partial charge in [0.05, 0.1) is 17.3 Å². The van der Waals surface area contributed by atoms with E-state index in [0.717, 1.165) is 6.07 Å². The number of hydrogen-bond acceptors (Lipinski definition) is 7. The zero-order valence-electron chi connectivity index (χ0n) is 21.0. The van der Waals surface area contributed by atoms with Crippen LogP contribution in [0, 0.1) is 6.92 Å². The van der Waals surface area contributed by atoms with Crippen molar-refractivity contribution in [3.05, 3.63) is 81.8 Å². The molecule has 0 aliphatic carbocycles. The number of aryl methyl sites for hydroxylation is 1. The fourth-order valence-electron chi connectivity index (χ4n) is 3.71. The molecule has 0 spiro atoms. The summed E-state index contributed by atoms with van der Waals surface area (Å²) in [4.78, 5) is 12.6. The Hall–Kier alpha value is -2.70. The third-order valence-electron chi connectivity index (χ3n) is 5.46. The van der Waals surface area contributed by atoms with Gasteiger partial charge in [-0.3, -0.25) is 9.35 Å². The molecule has 1 amide bonds. The maximum atomic E-state index is 13.4. The Bertz CT molecular complexity index is 1710. The third kappa shape index (κ3) is 6.90. The minimum absolute atomic E-state index is 0. The van der Waals surface area contributed by atoms with Crippen LogP contribution in [0.5, 0.6) is 11.5 Å². The molecule has 39 heavy (non-hydrogen) atoms. The summed E-state index contributed by atoms with van der Waals surface area (Å²) in [6.07, 6.45) is 0. The fourth-order valence-corrected chi connectivity index (χ4v) is 4.82. The molecule has 0 saturated carbocycles. The molecule has 0 atom stereocenters.